The Balaban J connectivity index is 2.22. The molecule has 0 unspecified atom stereocenters. The van der Waals surface area contributed by atoms with Gasteiger partial charge in [0.25, 0.3) is 0 Å². The minimum Gasteiger partial charge on any atom is -0.370 e. The Morgan fingerprint density at radius 2 is 1.71 bits per heavy atom. The van der Waals surface area contributed by atoms with Crippen LogP contribution in [-0.4, -0.2) is 13.1 Å². The number of benzene rings is 1. The lowest BCUT2D eigenvalue weighted by Gasteiger charge is -2.27. The van der Waals surface area contributed by atoms with E-state index in [1.54, 1.807) is 6.07 Å². The predicted octanol–water partition coefficient (Wildman–Crippen LogP) is 3.47. The summed E-state index contributed by atoms with van der Waals surface area (Å²) >= 11 is 0. The molecule has 0 amide bonds. The molecule has 2 rings (SSSR count). The molecule has 90 valence electrons. The summed E-state index contributed by atoms with van der Waals surface area (Å²) in [5.74, 6) is -0.336. The summed E-state index contributed by atoms with van der Waals surface area (Å²) < 4.78 is 13.1. The molecule has 0 saturated carbocycles. The maximum atomic E-state index is 13.1. The van der Waals surface area contributed by atoms with E-state index in [1.165, 1.54) is 31.4 Å². The second-order valence-electron chi connectivity index (χ2n) is 4.53. The lowest BCUT2D eigenvalue weighted by molar-refractivity contribution is 0.555. The highest BCUT2D eigenvalue weighted by atomic mass is 19.1. The van der Waals surface area contributed by atoms with Crippen LogP contribution in [-0.2, 0) is 0 Å². The first kappa shape index (κ1) is 11.9. The smallest absolute Gasteiger partial charge is 0.124 e. The van der Waals surface area contributed by atoms with Gasteiger partial charge in [0.05, 0.1) is 11.3 Å². The first-order chi connectivity index (χ1) is 8.31. The number of nitriles is 1. The van der Waals surface area contributed by atoms with E-state index in [4.69, 9.17) is 5.26 Å². The van der Waals surface area contributed by atoms with Crippen molar-refractivity contribution in [1.29, 1.82) is 5.26 Å². The SMILES string of the molecule is N#Cc1cc(F)ccc1N1CCCCCCC1. The van der Waals surface area contributed by atoms with Gasteiger partial charge < -0.3 is 4.90 Å². The van der Waals surface area contributed by atoms with Gasteiger partial charge in [0.15, 0.2) is 0 Å². The third kappa shape index (κ3) is 2.97. The van der Waals surface area contributed by atoms with E-state index in [2.05, 4.69) is 11.0 Å². The highest BCUT2D eigenvalue weighted by Crippen LogP contribution is 2.23. The minimum atomic E-state index is -0.336. The molecule has 1 aromatic rings. The van der Waals surface area contributed by atoms with Crippen LogP contribution in [0.3, 0.4) is 0 Å². The van der Waals surface area contributed by atoms with Gasteiger partial charge in [-0.25, -0.2) is 4.39 Å². The van der Waals surface area contributed by atoms with E-state index >= 15 is 0 Å². The van der Waals surface area contributed by atoms with Crippen molar-refractivity contribution in [1.82, 2.24) is 0 Å². The van der Waals surface area contributed by atoms with Crippen LogP contribution in [0.15, 0.2) is 18.2 Å². The normalized spacial score (nSPS) is 17.1. The zero-order valence-electron chi connectivity index (χ0n) is 9.95. The molecule has 1 heterocycles. The molecule has 1 saturated heterocycles. The Kier molecular flexibility index (Phi) is 3.98. The molecule has 0 N–H and O–H groups in total. The molecule has 1 aromatic carbocycles. The summed E-state index contributed by atoms with van der Waals surface area (Å²) in [6, 6.07) is 6.59. The molecule has 0 spiro atoms. The minimum absolute atomic E-state index is 0.336. The third-order valence-corrected chi connectivity index (χ3v) is 3.28. The van der Waals surface area contributed by atoms with Gasteiger partial charge >= 0.3 is 0 Å². The average molecular weight is 232 g/mol. The number of halogens is 1. The lowest BCUT2D eigenvalue weighted by Crippen LogP contribution is -2.27. The monoisotopic (exact) mass is 232 g/mol. The summed E-state index contributed by atoms with van der Waals surface area (Å²) in [5.41, 5.74) is 1.33. The number of hydrogen-bond donors (Lipinski definition) is 0. The van der Waals surface area contributed by atoms with Crippen molar-refractivity contribution in [2.45, 2.75) is 32.1 Å². The van der Waals surface area contributed by atoms with Gasteiger partial charge in [0, 0.05) is 13.1 Å². The van der Waals surface area contributed by atoms with Gasteiger partial charge in [-0.15, -0.1) is 0 Å². The summed E-state index contributed by atoms with van der Waals surface area (Å²) in [4.78, 5) is 2.22. The largest absolute Gasteiger partial charge is 0.370 e. The number of anilines is 1. The third-order valence-electron chi connectivity index (χ3n) is 3.28. The van der Waals surface area contributed by atoms with Gasteiger partial charge in [0.2, 0.25) is 0 Å². The molecule has 1 aliphatic heterocycles. The predicted molar refractivity (Wildman–Crippen MR) is 66.4 cm³/mol. The quantitative estimate of drug-likeness (QED) is 0.741. The number of hydrogen-bond acceptors (Lipinski definition) is 2. The van der Waals surface area contributed by atoms with Crippen LogP contribution in [0.1, 0.15) is 37.7 Å². The zero-order valence-corrected chi connectivity index (χ0v) is 9.95. The van der Waals surface area contributed by atoms with Crippen LogP contribution in [0, 0.1) is 17.1 Å². The standard InChI is InChI=1S/C14H17FN2/c15-13-6-7-14(12(10-13)11-16)17-8-4-2-1-3-5-9-17/h6-7,10H,1-5,8-9H2. The van der Waals surface area contributed by atoms with E-state index in [0.717, 1.165) is 31.6 Å². The molecule has 0 bridgehead atoms. The Bertz CT molecular complexity index is 415. The fraction of sp³-hybridized carbons (Fsp3) is 0.500. The first-order valence-electron chi connectivity index (χ1n) is 6.26. The van der Waals surface area contributed by atoms with Gasteiger partial charge in [-0.1, -0.05) is 19.3 Å². The molecule has 2 nitrogen and oxygen atoms in total. The molecule has 0 atom stereocenters. The topological polar surface area (TPSA) is 27.0 Å². The van der Waals surface area contributed by atoms with Crippen LogP contribution in [0.2, 0.25) is 0 Å². The van der Waals surface area contributed by atoms with Crippen LogP contribution in [0.5, 0.6) is 0 Å². The fourth-order valence-electron chi connectivity index (χ4n) is 2.36. The van der Waals surface area contributed by atoms with E-state index in [0.29, 0.717) is 5.56 Å². The second kappa shape index (κ2) is 5.67. The van der Waals surface area contributed by atoms with Gasteiger partial charge in [-0.3, -0.25) is 0 Å². The first-order valence-corrected chi connectivity index (χ1v) is 6.26. The van der Waals surface area contributed by atoms with Crippen LogP contribution < -0.4 is 4.90 Å². The summed E-state index contributed by atoms with van der Waals surface area (Å²) in [7, 11) is 0. The van der Waals surface area contributed by atoms with Crippen molar-refractivity contribution in [3.63, 3.8) is 0 Å². The highest BCUT2D eigenvalue weighted by molar-refractivity contribution is 5.59. The Morgan fingerprint density at radius 1 is 1.06 bits per heavy atom. The number of rotatable bonds is 1. The second-order valence-corrected chi connectivity index (χ2v) is 4.53. The van der Waals surface area contributed by atoms with E-state index in [-0.39, 0.29) is 5.82 Å². The number of nitrogens with zero attached hydrogens (tertiary/aromatic N) is 2. The van der Waals surface area contributed by atoms with Crippen molar-refractivity contribution in [3.05, 3.63) is 29.6 Å². The van der Waals surface area contributed by atoms with Crippen LogP contribution in [0.4, 0.5) is 10.1 Å². The van der Waals surface area contributed by atoms with Crippen LogP contribution >= 0.6 is 0 Å². The van der Waals surface area contributed by atoms with Crippen molar-refractivity contribution in [2.24, 2.45) is 0 Å². The Hall–Kier alpha value is -1.56. The molecule has 0 aliphatic carbocycles. The molecular formula is C14H17FN2. The maximum Gasteiger partial charge on any atom is 0.124 e. The van der Waals surface area contributed by atoms with Crippen molar-refractivity contribution >= 4 is 5.69 Å². The summed E-state index contributed by atoms with van der Waals surface area (Å²) in [6.45, 7) is 1.95. The van der Waals surface area contributed by atoms with Crippen molar-refractivity contribution in [2.75, 3.05) is 18.0 Å². The van der Waals surface area contributed by atoms with E-state index < -0.39 is 0 Å². The lowest BCUT2D eigenvalue weighted by atomic mass is 10.1. The van der Waals surface area contributed by atoms with E-state index in [9.17, 15) is 4.39 Å². The van der Waals surface area contributed by atoms with Crippen LogP contribution in [0.25, 0.3) is 0 Å². The van der Waals surface area contributed by atoms with Crippen molar-refractivity contribution in [3.8, 4) is 6.07 Å². The molecule has 0 aromatic heterocycles. The highest BCUT2D eigenvalue weighted by Gasteiger charge is 2.13. The van der Waals surface area contributed by atoms with Gasteiger partial charge in [0.1, 0.15) is 11.9 Å². The molecule has 1 fully saturated rings. The van der Waals surface area contributed by atoms with Crippen molar-refractivity contribution < 1.29 is 4.39 Å². The summed E-state index contributed by atoms with van der Waals surface area (Å²) in [5, 5.41) is 9.06. The van der Waals surface area contributed by atoms with Gasteiger partial charge in [-0.05, 0) is 31.0 Å². The fourth-order valence-corrected chi connectivity index (χ4v) is 2.36. The average Bonchev–Trinajstić information content (AvgIpc) is 2.29. The Labute approximate surface area is 102 Å². The summed E-state index contributed by atoms with van der Waals surface area (Å²) in [6.07, 6.45) is 6.12. The molecule has 17 heavy (non-hydrogen) atoms. The molecule has 0 radical (unpaired) electrons. The van der Waals surface area contributed by atoms with Gasteiger partial charge in [-0.2, -0.15) is 5.26 Å². The molecule has 3 heteroatoms. The van der Waals surface area contributed by atoms with E-state index in [1.807, 2.05) is 0 Å². The Morgan fingerprint density at radius 3 is 2.35 bits per heavy atom. The molecule has 1 aliphatic rings. The molecular weight excluding hydrogens is 215 g/mol. The maximum absolute atomic E-state index is 13.1. The zero-order chi connectivity index (χ0) is 12.1.